The van der Waals surface area contributed by atoms with Crippen LogP contribution in [0.2, 0.25) is 0 Å². The highest BCUT2D eigenvalue weighted by Crippen LogP contribution is 2.60. The Bertz CT molecular complexity index is 1010. The van der Waals surface area contributed by atoms with Gasteiger partial charge in [0.2, 0.25) is 0 Å². The predicted octanol–water partition coefficient (Wildman–Crippen LogP) is 9.08. The van der Waals surface area contributed by atoms with Gasteiger partial charge < -0.3 is 0 Å². The third kappa shape index (κ3) is 6.59. The molecule has 1 aromatic rings. The average Bonchev–Trinajstić information content (AvgIpc) is 2.85. The third-order valence-electron chi connectivity index (χ3n) is 10.6. The highest BCUT2D eigenvalue weighted by Gasteiger charge is 2.49. The van der Waals surface area contributed by atoms with Crippen molar-refractivity contribution in [3.63, 3.8) is 0 Å². The van der Waals surface area contributed by atoms with Gasteiger partial charge in [-0.2, -0.15) is 0 Å². The average molecular weight is 535 g/mol. The van der Waals surface area contributed by atoms with Crippen LogP contribution >= 0.6 is 0 Å². The molecule has 3 unspecified atom stereocenters. The molecule has 0 radical (unpaired) electrons. The number of carbonyl (C=O) groups excluding carboxylic acids is 3. The molecular weight excluding hydrogens is 480 g/mol. The van der Waals surface area contributed by atoms with Crippen LogP contribution in [0.3, 0.4) is 0 Å². The number of hydrogen-bond donors (Lipinski definition) is 0. The Balaban J connectivity index is 0.00000112. The summed E-state index contributed by atoms with van der Waals surface area (Å²) < 4.78 is 0. The van der Waals surface area contributed by atoms with Gasteiger partial charge in [-0.25, -0.2) is 0 Å². The zero-order chi connectivity index (χ0) is 28.3. The van der Waals surface area contributed by atoms with E-state index < -0.39 is 0 Å². The molecule has 0 aliphatic heterocycles. The zero-order valence-electron chi connectivity index (χ0n) is 25.7. The summed E-state index contributed by atoms with van der Waals surface area (Å²) in [5.41, 5.74) is 5.03. The monoisotopic (exact) mass is 534 g/mol. The molecule has 0 spiro atoms. The Hall–Kier alpha value is -1.77. The SMILES string of the molecule is CCC.CCCC(CC1CC(=O)c2c(ccc(C3C4CC5CC(C4)CC3C5)c2C)C1)C(CC)C(=O)CC(C)=O. The minimum absolute atomic E-state index is 0.0408. The van der Waals surface area contributed by atoms with Gasteiger partial charge in [0.05, 0.1) is 6.42 Å². The first-order valence-corrected chi connectivity index (χ1v) is 16.4. The second-order valence-corrected chi connectivity index (χ2v) is 13.8. The number of fused-ring (bicyclic) bond motifs is 1. The minimum atomic E-state index is -0.0635. The maximum Gasteiger partial charge on any atom is 0.163 e. The van der Waals surface area contributed by atoms with Gasteiger partial charge in [-0.1, -0.05) is 59.1 Å². The van der Waals surface area contributed by atoms with Crippen LogP contribution in [0.15, 0.2) is 12.1 Å². The van der Waals surface area contributed by atoms with E-state index in [1.807, 2.05) is 0 Å². The smallest absolute Gasteiger partial charge is 0.163 e. The highest BCUT2D eigenvalue weighted by molar-refractivity contribution is 6.00. The van der Waals surface area contributed by atoms with E-state index in [-0.39, 0.29) is 29.8 Å². The van der Waals surface area contributed by atoms with Crippen LogP contribution in [-0.4, -0.2) is 17.3 Å². The van der Waals surface area contributed by atoms with Crippen LogP contribution < -0.4 is 0 Å². The molecule has 3 atom stereocenters. The van der Waals surface area contributed by atoms with Crippen LogP contribution in [0.5, 0.6) is 0 Å². The first kappa shape index (κ1) is 30.2. The molecule has 6 rings (SSSR count). The second kappa shape index (κ2) is 13.3. The maximum absolute atomic E-state index is 13.6. The van der Waals surface area contributed by atoms with Crippen LogP contribution in [0.25, 0.3) is 0 Å². The molecule has 216 valence electrons. The van der Waals surface area contributed by atoms with Crippen molar-refractivity contribution >= 4 is 17.3 Å². The Morgan fingerprint density at radius 1 is 0.923 bits per heavy atom. The van der Waals surface area contributed by atoms with Gasteiger partial charge in [0.15, 0.2) is 5.78 Å². The largest absolute Gasteiger partial charge is 0.300 e. The van der Waals surface area contributed by atoms with Crippen molar-refractivity contribution in [3.8, 4) is 0 Å². The quantitative estimate of drug-likeness (QED) is 0.281. The molecule has 0 aromatic heterocycles. The standard InChI is InChI=1S/C33H46O3.C3H8/c1-5-7-24(28(6-2)30(35)10-19(3)34)12-23-13-25-8-9-29(20(4)32(25)31(36)18-23)33-26-14-21-11-22(16-26)17-27(33)15-21;1-3-2/h8-9,21-24,26-28,33H,5-7,10-18H2,1-4H3;3H2,1-2H3. The summed E-state index contributed by atoms with van der Waals surface area (Å²) >= 11 is 0. The number of hydrogen-bond acceptors (Lipinski definition) is 3. The predicted molar refractivity (Wildman–Crippen MR) is 160 cm³/mol. The molecule has 4 saturated carbocycles. The number of Topliss-reactive ketones (excluding diaryl/α,β-unsaturated/α-hetero) is 3. The third-order valence-corrected chi connectivity index (χ3v) is 10.6. The van der Waals surface area contributed by atoms with Crippen molar-refractivity contribution < 1.29 is 14.4 Å². The Kier molecular flexibility index (Phi) is 10.3. The van der Waals surface area contributed by atoms with Gasteiger partial charge in [0.1, 0.15) is 11.6 Å². The normalized spacial score (nSPS) is 30.3. The van der Waals surface area contributed by atoms with Crippen molar-refractivity contribution in [2.75, 3.05) is 0 Å². The van der Waals surface area contributed by atoms with Crippen molar-refractivity contribution in [2.24, 2.45) is 41.4 Å². The summed E-state index contributed by atoms with van der Waals surface area (Å²) in [7, 11) is 0. The number of rotatable bonds is 10. The molecule has 39 heavy (non-hydrogen) atoms. The molecule has 4 fully saturated rings. The molecule has 0 saturated heterocycles. The highest BCUT2D eigenvalue weighted by atomic mass is 16.1. The van der Waals surface area contributed by atoms with Crippen LogP contribution in [-0.2, 0) is 16.0 Å². The Morgan fingerprint density at radius 2 is 1.54 bits per heavy atom. The van der Waals surface area contributed by atoms with Gasteiger partial charge in [-0.3, -0.25) is 14.4 Å². The van der Waals surface area contributed by atoms with Gasteiger partial charge >= 0.3 is 0 Å². The van der Waals surface area contributed by atoms with Crippen LogP contribution in [0, 0.1) is 48.3 Å². The summed E-state index contributed by atoms with van der Waals surface area (Å²) in [4.78, 5) is 38.1. The number of ketones is 3. The Morgan fingerprint density at radius 3 is 2.08 bits per heavy atom. The molecule has 4 bridgehead atoms. The van der Waals surface area contributed by atoms with E-state index in [1.165, 1.54) is 62.1 Å². The van der Waals surface area contributed by atoms with E-state index in [0.717, 1.165) is 61.3 Å². The fourth-order valence-corrected chi connectivity index (χ4v) is 9.53. The summed E-state index contributed by atoms with van der Waals surface area (Å²) in [5, 5.41) is 0. The fourth-order valence-electron chi connectivity index (χ4n) is 9.53. The summed E-state index contributed by atoms with van der Waals surface area (Å²) in [6.45, 7) is 12.2. The molecule has 5 aliphatic carbocycles. The lowest BCUT2D eigenvalue weighted by Crippen LogP contribution is -2.44. The molecule has 0 amide bonds. The van der Waals surface area contributed by atoms with Crippen molar-refractivity contribution in [3.05, 3.63) is 34.4 Å². The fraction of sp³-hybridized carbons (Fsp3) is 0.750. The van der Waals surface area contributed by atoms with E-state index in [4.69, 9.17) is 0 Å². The lowest BCUT2D eigenvalue weighted by Gasteiger charge is -2.55. The van der Waals surface area contributed by atoms with E-state index in [9.17, 15) is 14.4 Å². The van der Waals surface area contributed by atoms with Crippen LogP contribution in [0.1, 0.15) is 145 Å². The van der Waals surface area contributed by atoms with Gasteiger partial charge in [-0.15, -0.1) is 0 Å². The lowest BCUT2D eigenvalue weighted by atomic mass is 9.50. The van der Waals surface area contributed by atoms with Gasteiger partial charge in [0, 0.05) is 17.9 Å². The molecule has 3 nitrogen and oxygen atoms in total. The Labute approximate surface area is 238 Å². The molecule has 5 aliphatic rings. The topological polar surface area (TPSA) is 51.2 Å². The van der Waals surface area contributed by atoms with Crippen molar-refractivity contribution in [2.45, 2.75) is 131 Å². The molecule has 3 heteroatoms. The summed E-state index contributed by atoms with van der Waals surface area (Å²) in [6, 6.07) is 4.69. The molecule has 0 heterocycles. The summed E-state index contributed by atoms with van der Waals surface area (Å²) in [6.07, 6.45) is 13.7. The second-order valence-electron chi connectivity index (χ2n) is 13.8. The molecule has 1 aromatic carbocycles. The lowest BCUT2D eigenvalue weighted by molar-refractivity contribution is -0.129. The first-order valence-electron chi connectivity index (χ1n) is 16.4. The van der Waals surface area contributed by atoms with Gasteiger partial charge in [0.25, 0.3) is 0 Å². The zero-order valence-corrected chi connectivity index (χ0v) is 25.7. The van der Waals surface area contributed by atoms with E-state index >= 15 is 0 Å². The minimum Gasteiger partial charge on any atom is -0.300 e. The van der Waals surface area contributed by atoms with Gasteiger partial charge in [-0.05, 0) is 123 Å². The number of carbonyl (C=O) groups is 3. The van der Waals surface area contributed by atoms with Crippen LogP contribution in [0.4, 0.5) is 0 Å². The maximum atomic E-state index is 13.6. The molecule has 0 N–H and O–H groups in total. The first-order chi connectivity index (χ1) is 18.7. The van der Waals surface area contributed by atoms with Crippen molar-refractivity contribution in [1.29, 1.82) is 0 Å². The van der Waals surface area contributed by atoms with E-state index in [2.05, 4.69) is 46.8 Å². The van der Waals surface area contributed by atoms with Crippen molar-refractivity contribution in [1.82, 2.24) is 0 Å². The van der Waals surface area contributed by atoms with E-state index in [1.54, 1.807) is 0 Å². The number of benzene rings is 1. The summed E-state index contributed by atoms with van der Waals surface area (Å²) in [5.74, 6) is 5.14. The van der Waals surface area contributed by atoms with E-state index in [0.29, 0.717) is 24.0 Å². The molecular formula is C36H54O3.